The van der Waals surface area contributed by atoms with Gasteiger partial charge in [-0.2, -0.15) is 0 Å². The van der Waals surface area contributed by atoms with E-state index in [9.17, 15) is 0 Å². The molecule has 0 aromatic carbocycles. The third-order valence-electron chi connectivity index (χ3n) is 4.39. The van der Waals surface area contributed by atoms with Gasteiger partial charge in [0.05, 0.1) is 0 Å². The Morgan fingerprint density at radius 2 is 1.82 bits per heavy atom. The molecule has 1 heterocycles. The van der Waals surface area contributed by atoms with Crippen molar-refractivity contribution in [2.45, 2.75) is 43.8 Å². The first kappa shape index (κ1) is 13.3. The molecule has 0 radical (unpaired) electrons. The highest BCUT2D eigenvalue weighted by atomic mass is 15.3. The second kappa shape index (κ2) is 6.14. The molecule has 1 aliphatic carbocycles. The van der Waals surface area contributed by atoms with Gasteiger partial charge in [0.2, 0.25) is 0 Å². The maximum Gasteiger partial charge on any atom is 0.0345 e. The van der Waals surface area contributed by atoms with Gasteiger partial charge in [0, 0.05) is 44.3 Å². The van der Waals surface area contributed by atoms with Gasteiger partial charge in [-0.05, 0) is 39.8 Å². The Morgan fingerprint density at radius 3 is 2.53 bits per heavy atom. The molecule has 1 unspecified atom stereocenters. The number of nitrogens with one attached hydrogen (secondary N) is 1. The Hall–Kier alpha value is -0.160. The topological polar surface area (TPSA) is 44.5 Å². The summed E-state index contributed by atoms with van der Waals surface area (Å²) in [6.45, 7) is 4.71. The number of hydrogen-bond donors (Lipinski definition) is 2. The summed E-state index contributed by atoms with van der Waals surface area (Å²) in [5, 5.41) is 3.74. The maximum absolute atomic E-state index is 5.93. The smallest absolute Gasteiger partial charge is 0.0345 e. The zero-order valence-corrected chi connectivity index (χ0v) is 11.4. The zero-order chi connectivity index (χ0) is 12.3. The quantitative estimate of drug-likeness (QED) is 0.734. The number of nitrogens with two attached hydrogens (primary N) is 1. The Labute approximate surface area is 106 Å². The first-order chi connectivity index (χ1) is 8.15. The monoisotopic (exact) mass is 240 g/mol. The molecule has 4 nitrogen and oxygen atoms in total. The lowest BCUT2D eigenvalue weighted by atomic mass is 9.91. The lowest BCUT2D eigenvalue weighted by molar-refractivity contribution is 0.110. The lowest BCUT2D eigenvalue weighted by Gasteiger charge is -2.39. The van der Waals surface area contributed by atoms with Crippen LogP contribution in [0.1, 0.15) is 25.7 Å². The highest BCUT2D eigenvalue weighted by Gasteiger charge is 2.24. The van der Waals surface area contributed by atoms with Crippen LogP contribution in [-0.2, 0) is 0 Å². The summed E-state index contributed by atoms with van der Waals surface area (Å²) in [5.74, 6) is 0. The van der Waals surface area contributed by atoms with Crippen molar-refractivity contribution in [3.8, 4) is 0 Å². The van der Waals surface area contributed by atoms with Crippen LogP contribution in [0, 0.1) is 0 Å². The van der Waals surface area contributed by atoms with Gasteiger partial charge in [-0.1, -0.05) is 0 Å². The van der Waals surface area contributed by atoms with E-state index in [2.05, 4.69) is 29.2 Å². The Bertz CT molecular complexity index is 225. The second-order valence-corrected chi connectivity index (χ2v) is 5.92. The minimum absolute atomic E-state index is 0.455. The summed E-state index contributed by atoms with van der Waals surface area (Å²) in [5.41, 5.74) is 5.93. The van der Waals surface area contributed by atoms with E-state index >= 15 is 0 Å². The molecule has 0 spiro atoms. The van der Waals surface area contributed by atoms with Crippen LogP contribution in [0.15, 0.2) is 0 Å². The molecular weight excluding hydrogens is 212 g/mol. The summed E-state index contributed by atoms with van der Waals surface area (Å²) in [7, 11) is 4.47. The number of piperazine rings is 1. The predicted molar refractivity (Wildman–Crippen MR) is 72.1 cm³/mol. The summed E-state index contributed by atoms with van der Waals surface area (Å²) >= 11 is 0. The van der Waals surface area contributed by atoms with Crippen molar-refractivity contribution in [1.29, 1.82) is 0 Å². The molecule has 2 fully saturated rings. The third kappa shape index (κ3) is 3.91. The van der Waals surface area contributed by atoms with Crippen molar-refractivity contribution >= 4 is 0 Å². The molecule has 0 aromatic rings. The van der Waals surface area contributed by atoms with Crippen LogP contribution in [-0.4, -0.2) is 68.2 Å². The Kier molecular flexibility index (Phi) is 4.79. The molecule has 1 aliphatic heterocycles. The molecule has 1 atom stereocenters. The van der Waals surface area contributed by atoms with E-state index in [0.717, 1.165) is 6.54 Å². The van der Waals surface area contributed by atoms with Gasteiger partial charge in [-0.3, -0.25) is 4.90 Å². The predicted octanol–water partition coefficient (Wildman–Crippen LogP) is 0.0917. The number of hydrogen-bond acceptors (Lipinski definition) is 4. The van der Waals surface area contributed by atoms with Gasteiger partial charge in [0.15, 0.2) is 0 Å². The van der Waals surface area contributed by atoms with E-state index in [1.807, 2.05) is 0 Å². The first-order valence-electron chi connectivity index (χ1n) is 7.03. The van der Waals surface area contributed by atoms with E-state index in [0.29, 0.717) is 18.1 Å². The fourth-order valence-corrected chi connectivity index (χ4v) is 2.95. The normalized spacial score (nSPS) is 37.2. The average molecular weight is 240 g/mol. The van der Waals surface area contributed by atoms with Gasteiger partial charge in [-0.15, -0.1) is 0 Å². The molecule has 2 aliphatic rings. The molecule has 0 aromatic heterocycles. The van der Waals surface area contributed by atoms with Crippen molar-refractivity contribution < 1.29 is 0 Å². The SMILES string of the molecule is CN1CCN(C)C(CNC2CCC(N)CC2)C1. The van der Waals surface area contributed by atoms with Crippen LogP contribution in [0.25, 0.3) is 0 Å². The van der Waals surface area contributed by atoms with Crippen LogP contribution in [0.5, 0.6) is 0 Å². The molecule has 0 bridgehead atoms. The standard InChI is InChI=1S/C13H28N4/c1-16-7-8-17(2)13(10-16)9-15-12-5-3-11(14)4-6-12/h11-13,15H,3-10,14H2,1-2H3. The second-order valence-electron chi connectivity index (χ2n) is 5.92. The number of likely N-dealkylation sites (N-methyl/N-ethyl adjacent to an activating group) is 2. The van der Waals surface area contributed by atoms with Crippen LogP contribution in [0.3, 0.4) is 0 Å². The van der Waals surface area contributed by atoms with Crippen molar-refractivity contribution in [2.24, 2.45) is 5.73 Å². The van der Waals surface area contributed by atoms with E-state index in [1.54, 1.807) is 0 Å². The Morgan fingerprint density at radius 1 is 1.12 bits per heavy atom. The van der Waals surface area contributed by atoms with Gasteiger partial charge in [0.1, 0.15) is 0 Å². The number of nitrogens with zero attached hydrogens (tertiary/aromatic N) is 2. The van der Waals surface area contributed by atoms with Gasteiger partial charge >= 0.3 is 0 Å². The van der Waals surface area contributed by atoms with Crippen molar-refractivity contribution in [2.75, 3.05) is 40.3 Å². The molecule has 100 valence electrons. The fraction of sp³-hybridized carbons (Fsp3) is 1.00. The molecule has 17 heavy (non-hydrogen) atoms. The summed E-state index contributed by atoms with van der Waals surface area (Å²) in [6.07, 6.45) is 4.90. The molecule has 1 saturated carbocycles. The Balaban J connectivity index is 1.70. The van der Waals surface area contributed by atoms with Gasteiger partial charge < -0.3 is 16.0 Å². The van der Waals surface area contributed by atoms with Crippen molar-refractivity contribution in [3.63, 3.8) is 0 Å². The van der Waals surface area contributed by atoms with E-state index in [4.69, 9.17) is 5.73 Å². The third-order valence-corrected chi connectivity index (χ3v) is 4.39. The molecule has 0 amide bonds. The summed E-state index contributed by atoms with van der Waals surface area (Å²) < 4.78 is 0. The molecular formula is C13H28N4. The van der Waals surface area contributed by atoms with Crippen LogP contribution in [0.2, 0.25) is 0 Å². The first-order valence-corrected chi connectivity index (χ1v) is 7.03. The van der Waals surface area contributed by atoms with Gasteiger partial charge in [-0.25, -0.2) is 0 Å². The molecule has 3 N–H and O–H groups in total. The van der Waals surface area contributed by atoms with Crippen molar-refractivity contribution in [1.82, 2.24) is 15.1 Å². The summed E-state index contributed by atoms with van der Waals surface area (Å²) in [6, 6.07) is 1.83. The van der Waals surface area contributed by atoms with E-state index < -0.39 is 0 Å². The molecule has 4 heteroatoms. The summed E-state index contributed by atoms with van der Waals surface area (Å²) in [4.78, 5) is 4.92. The van der Waals surface area contributed by atoms with Crippen molar-refractivity contribution in [3.05, 3.63) is 0 Å². The van der Waals surface area contributed by atoms with Crippen LogP contribution in [0.4, 0.5) is 0 Å². The van der Waals surface area contributed by atoms with E-state index in [1.165, 1.54) is 45.3 Å². The fourth-order valence-electron chi connectivity index (χ4n) is 2.95. The number of rotatable bonds is 3. The molecule has 1 saturated heterocycles. The maximum atomic E-state index is 5.93. The molecule has 2 rings (SSSR count). The zero-order valence-electron chi connectivity index (χ0n) is 11.4. The minimum atomic E-state index is 0.455. The highest BCUT2D eigenvalue weighted by Crippen LogP contribution is 2.17. The highest BCUT2D eigenvalue weighted by molar-refractivity contribution is 4.84. The van der Waals surface area contributed by atoms with Crippen LogP contribution < -0.4 is 11.1 Å². The van der Waals surface area contributed by atoms with Crippen LogP contribution >= 0.6 is 0 Å². The van der Waals surface area contributed by atoms with E-state index in [-0.39, 0.29) is 0 Å². The lowest BCUT2D eigenvalue weighted by Crippen LogP contribution is -2.55. The average Bonchev–Trinajstić information content (AvgIpc) is 2.32. The minimum Gasteiger partial charge on any atom is -0.328 e. The largest absolute Gasteiger partial charge is 0.328 e. The van der Waals surface area contributed by atoms with Gasteiger partial charge in [0.25, 0.3) is 0 Å².